The number of fused-ring (bicyclic) bond motifs is 1. The Morgan fingerprint density at radius 3 is 2.68 bits per heavy atom. The maximum atomic E-state index is 13.3. The minimum atomic E-state index is -0.284. The summed E-state index contributed by atoms with van der Waals surface area (Å²) >= 11 is 0. The number of hydrogen-bond donors (Lipinski definition) is 1. The highest BCUT2D eigenvalue weighted by Gasteiger charge is 2.37. The third kappa shape index (κ3) is 3.55. The van der Waals surface area contributed by atoms with Crippen LogP contribution in [-0.2, 0) is 24.8 Å². The number of hydrogen-bond acceptors (Lipinski definition) is 5. The number of nitrogens with one attached hydrogen (secondary N) is 1. The first-order valence-corrected chi connectivity index (χ1v) is 11.1. The maximum Gasteiger partial charge on any atom is 0.257 e. The van der Waals surface area contributed by atoms with Crippen LogP contribution in [0.5, 0.6) is 0 Å². The molecule has 164 valence electrons. The van der Waals surface area contributed by atoms with E-state index in [4.69, 9.17) is 4.98 Å². The maximum absolute atomic E-state index is 13.3. The minimum Gasteiger partial charge on any atom is -0.336 e. The second-order valence-electron chi connectivity index (χ2n) is 8.94. The predicted octanol–water partition coefficient (Wildman–Crippen LogP) is 1.47. The van der Waals surface area contributed by atoms with Gasteiger partial charge in [-0.1, -0.05) is 0 Å². The number of aromatic nitrogens is 4. The molecule has 2 fully saturated rings. The molecule has 1 atom stereocenters. The molecule has 2 aromatic heterocycles. The molecule has 3 aliphatic rings. The van der Waals surface area contributed by atoms with Crippen LogP contribution in [0.3, 0.4) is 0 Å². The molecule has 2 aliphatic heterocycles. The Morgan fingerprint density at radius 1 is 1.16 bits per heavy atom. The highest BCUT2D eigenvalue weighted by Crippen LogP contribution is 2.33. The Bertz CT molecular complexity index is 1100. The van der Waals surface area contributed by atoms with Crippen molar-refractivity contribution in [3.8, 4) is 0 Å². The lowest BCUT2D eigenvalue weighted by atomic mass is 9.99. The average Bonchev–Trinajstić information content (AvgIpc) is 3.58. The summed E-state index contributed by atoms with van der Waals surface area (Å²) in [5.74, 6) is 0.772. The van der Waals surface area contributed by atoms with Crippen LogP contribution >= 0.6 is 0 Å². The first kappa shape index (κ1) is 20.0. The molecule has 1 saturated carbocycles. The summed E-state index contributed by atoms with van der Waals surface area (Å²) in [6.07, 6.45) is 6.68. The summed E-state index contributed by atoms with van der Waals surface area (Å²) in [4.78, 5) is 50.1. The zero-order valence-corrected chi connectivity index (χ0v) is 18.1. The van der Waals surface area contributed by atoms with Gasteiger partial charge in [0.15, 0.2) is 0 Å². The SMILES string of the molecule is Cc1c(C(=O)N2CCCC[C@@H]2c2nc3c(c(=O)[nH]2)CCN(C(=O)C2CC2)C3)cnn1C. The molecule has 0 spiro atoms. The molecule has 31 heavy (non-hydrogen) atoms. The minimum absolute atomic E-state index is 0.0822. The van der Waals surface area contributed by atoms with E-state index in [0.717, 1.165) is 37.8 Å². The van der Waals surface area contributed by atoms with Crippen molar-refractivity contribution < 1.29 is 9.59 Å². The molecule has 0 bridgehead atoms. The van der Waals surface area contributed by atoms with Crippen molar-refractivity contribution in [2.45, 2.75) is 58.0 Å². The number of nitrogens with zero attached hydrogens (tertiary/aromatic N) is 5. The number of amides is 2. The lowest BCUT2D eigenvalue weighted by Gasteiger charge is -2.36. The van der Waals surface area contributed by atoms with E-state index in [0.29, 0.717) is 48.7 Å². The molecular weight excluding hydrogens is 396 g/mol. The van der Waals surface area contributed by atoms with Crippen LogP contribution in [0.2, 0.25) is 0 Å². The third-order valence-corrected chi connectivity index (χ3v) is 6.88. The van der Waals surface area contributed by atoms with Gasteiger partial charge in [-0.2, -0.15) is 5.10 Å². The first-order valence-electron chi connectivity index (χ1n) is 11.1. The Morgan fingerprint density at radius 2 is 1.97 bits per heavy atom. The number of aromatic amines is 1. The van der Waals surface area contributed by atoms with Crippen molar-refractivity contribution in [2.75, 3.05) is 13.1 Å². The van der Waals surface area contributed by atoms with Crippen LogP contribution in [0.15, 0.2) is 11.0 Å². The van der Waals surface area contributed by atoms with Crippen LogP contribution < -0.4 is 5.56 Å². The fraction of sp³-hybridized carbons (Fsp3) is 0.591. The number of piperidine rings is 1. The van der Waals surface area contributed by atoms with Crippen molar-refractivity contribution in [3.05, 3.63) is 44.9 Å². The van der Waals surface area contributed by atoms with Gasteiger partial charge >= 0.3 is 0 Å². The van der Waals surface area contributed by atoms with E-state index < -0.39 is 0 Å². The Hall–Kier alpha value is -2.97. The average molecular weight is 425 g/mol. The summed E-state index contributed by atoms with van der Waals surface area (Å²) in [5, 5.41) is 4.20. The van der Waals surface area contributed by atoms with Crippen LogP contribution in [0, 0.1) is 12.8 Å². The molecule has 1 N–H and O–H groups in total. The van der Waals surface area contributed by atoms with Gasteiger partial charge < -0.3 is 14.8 Å². The largest absolute Gasteiger partial charge is 0.336 e. The van der Waals surface area contributed by atoms with Gasteiger partial charge in [-0.3, -0.25) is 19.1 Å². The van der Waals surface area contributed by atoms with Crippen LogP contribution in [0.25, 0.3) is 0 Å². The quantitative estimate of drug-likeness (QED) is 0.804. The van der Waals surface area contributed by atoms with E-state index in [1.165, 1.54) is 0 Å². The second kappa shape index (κ2) is 7.62. The zero-order valence-electron chi connectivity index (χ0n) is 18.1. The summed E-state index contributed by atoms with van der Waals surface area (Å²) in [6.45, 7) is 3.44. The van der Waals surface area contributed by atoms with Crippen molar-refractivity contribution in [2.24, 2.45) is 13.0 Å². The fourth-order valence-electron chi connectivity index (χ4n) is 4.72. The Labute approximate surface area is 180 Å². The monoisotopic (exact) mass is 424 g/mol. The summed E-state index contributed by atoms with van der Waals surface area (Å²) < 4.78 is 1.69. The Balaban J connectivity index is 1.45. The summed E-state index contributed by atoms with van der Waals surface area (Å²) in [6, 6.07) is -0.284. The number of rotatable bonds is 3. The van der Waals surface area contributed by atoms with Crippen LogP contribution in [0.4, 0.5) is 0 Å². The molecule has 9 nitrogen and oxygen atoms in total. The van der Waals surface area contributed by atoms with Gasteiger partial charge in [0.05, 0.1) is 30.0 Å². The summed E-state index contributed by atoms with van der Waals surface area (Å²) in [7, 11) is 1.82. The van der Waals surface area contributed by atoms with Crippen molar-refractivity contribution in [1.29, 1.82) is 0 Å². The van der Waals surface area contributed by atoms with Crippen LogP contribution in [0.1, 0.15) is 71.3 Å². The smallest absolute Gasteiger partial charge is 0.257 e. The molecule has 4 heterocycles. The molecule has 9 heteroatoms. The molecule has 0 aromatic carbocycles. The van der Waals surface area contributed by atoms with Crippen molar-refractivity contribution in [3.63, 3.8) is 0 Å². The molecule has 0 unspecified atom stereocenters. The molecule has 2 aromatic rings. The third-order valence-electron chi connectivity index (χ3n) is 6.88. The molecule has 1 saturated heterocycles. The van der Waals surface area contributed by atoms with E-state index in [2.05, 4.69) is 10.1 Å². The molecular formula is C22H28N6O3. The van der Waals surface area contributed by atoms with Gasteiger partial charge in [-0.25, -0.2) is 4.98 Å². The van der Waals surface area contributed by atoms with Gasteiger partial charge in [-0.15, -0.1) is 0 Å². The van der Waals surface area contributed by atoms with Gasteiger partial charge in [0, 0.05) is 37.3 Å². The summed E-state index contributed by atoms with van der Waals surface area (Å²) in [5.41, 5.74) is 2.59. The normalized spacial score (nSPS) is 21.2. The van der Waals surface area contributed by atoms with Gasteiger partial charge in [0.2, 0.25) is 5.91 Å². The zero-order chi connectivity index (χ0) is 21.7. The number of likely N-dealkylation sites (tertiary alicyclic amines) is 1. The van der Waals surface area contributed by atoms with E-state index >= 15 is 0 Å². The number of carbonyl (C=O) groups is 2. The predicted molar refractivity (Wildman–Crippen MR) is 112 cm³/mol. The van der Waals surface area contributed by atoms with Crippen molar-refractivity contribution in [1.82, 2.24) is 29.5 Å². The highest BCUT2D eigenvalue weighted by atomic mass is 16.2. The standard InChI is InChI=1S/C22H28N6O3/c1-13-16(11-23-26(13)2)22(31)28-9-4-3-5-18(28)19-24-17-12-27(21(30)14-6-7-14)10-8-15(17)20(29)25-19/h11,14,18H,3-10,12H2,1-2H3,(H,24,25,29)/t18-/m1/s1. The lowest BCUT2D eigenvalue weighted by Crippen LogP contribution is -2.43. The lowest BCUT2D eigenvalue weighted by molar-refractivity contribution is -0.133. The highest BCUT2D eigenvalue weighted by molar-refractivity contribution is 5.95. The van der Waals surface area contributed by atoms with E-state index in [1.54, 1.807) is 10.9 Å². The van der Waals surface area contributed by atoms with E-state index in [1.807, 2.05) is 23.8 Å². The fourth-order valence-corrected chi connectivity index (χ4v) is 4.72. The molecule has 1 aliphatic carbocycles. The van der Waals surface area contributed by atoms with Crippen LogP contribution in [-0.4, -0.2) is 54.5 Å². The Kier molecular flexibility index (Phi) is 4.91. The topological polar surface area (TPSA) is 104 Å². The number of aryl methyl sites for hydroxylation is 1. The molecule has 0 radical (unpaired) electrons. The second-order valence-corrected chi connectivity index (χ2v) is 8.94. The van der Waals surface area contributed by atoms with E-state index in [9.17, 15) is 14.4 Å². The van der Waals surface area contributed by atoms with Gasteiger partial charge in [-0.05, 0) is 45.4 Å². The molecule has 2 amide bonds. The molecule has 5 rings (SSSR count). The first-order chi connectivity index (χ1) is 14.9. The number of H-pyrrole nitrogens is 1. The van der Waals surface area contributed by atoms with Gasteiger partial charge in [0.1, 0.15) is 5.82 Å². The van der Waals surface area contributed by atoms with E-state index in [-0.39, 0.29) is 29.3 Å². The van der Waals surface area contributed by atoms with Crippen molar-refractivity contribution >= 4 is 11.8 Å². The van der Waals surface area contributed by atoms with Gasteiger partial charge in [0.25, 0.3) is 11.5 Å². The number of carbonyl (C=O) groups excluding carboxylic acids is 2.